The lowest BCUT2D eigenvalue weighted by Crippen LogP contribution is -1.96. The van der Waals surface area contributed by atoms with Crippen LogP contribution in [0.25, 0.3) is 0 Å². The van der Waals surface area contributed by atoms with Crippen LogP contribution in [-0.2, 0) is 0 Å². The molecule has 0 spiro atoms. The van der Waals surface area contributed by atoms with E-state index >= 15 is 0 Å². The van der Waals surface area contributed by atoms with E-state index in [0.717, 1.165) is 16.4 Å². The molecule has 1 rings (SSSR count). The van der Waals surface area contributed by atoms with Crippen LogP contribution in [0.3, 0.4) is 0 Å². The summed E-state index contributed by atoms with van der Waals surface area (Å²) < 4.78 is 4.24. The molecule has 0 atom stereocenters. The first-order valence-corrected chi connectivity index (χ1v) is 4.37. The number of nitrogens with one attached hydrogen (secondary N) is 1. The molecule has 3 nitrogen and oxygen atoms in total. The molecule has 4 heteroatoms. The Balaban J connectivity index is 3.00. The molecule has 11 heavy (non-hydrogen) atoms. The third kappa shape index (κ3) is 1.45. The molecule has 0 aliphatic rings. The fourth-order valence-corrected chi connectivity index (χ4v) is 1.70. The highest BCUT2D eigenvalue weighted by Gasteiger charge is 2.11. The van der Waals surface area contributed by atoms with Crippen LogP contribution in [0, 0.1) is 0 Å². The number of nitrogens with two attached hydrogens (primary N) is 1. The van der Waals surface area contributed by atoms with Crippen molar-refractivity contribution in [2.45, 2.75) is 19.8 Å². The lowest BCUT2D eigenvalue weighted by atomic mass is 10.1. The summed E-state index contributed by atoms with van der Waals surface area (Å²) in [4.78, 5) is 0. The summed E-state index contributed by atoms with van der Waals surface area (Å²) >= 11 is 1.42. The van der Waals surface area contributed by atoms with Gasteiger partial charge in [0.25, 0.3) is 0 Å². The van der Waals surface area contributed by atoms with Crippen molar-refractivity contribution in [2.24, 2.45) is 0 Å². The Bertz CT molecular complexity index is 242. The number of nitrogen functional groups attached to an aromatic ring is 1. The number of rotatable bonds is 2. The first kappa shape index (κ1) is 8.33. The van der Waals surface area contributed by atoms with Gasteiger partial charge in [0, 0.05) is 7.05 Å². The molecule has 0 aliphatic carbocycles. The fourth-order valence-electron chi connectivity index (χ4n) is 0.906. The van der Waals surface area contributed by atoms with E-state index in [4.69, 9.17) is 5.73 Å². The quantitative estimate of drug-likeness (QED) is 0.714. The van der Waals surface area contributed by atoms with Crippen LogP contribution in [0.4, 0.5) is 10.7 Å². The Morgan fingerprint density at radius 3 is 2.45 bits per heavy atom. The first-order chi connectivity index (χ1) is 5.16. The van der Waals surface area contributed by atoms with Crippen LogP contribution in [0.5, 0.6) is 0 Å². The Hall–Kier alpha value is -0.770. The topological polar surface area (TPSA) is 50.9 Å². The first-order valence-electron chi connectivity index (χ1n) is 3.59. The Morgan fingerprint density at radius 2 is 2.18 bits per heavy atom. The third-order valence-corrected chi connectivity index (χ3v) is 2.42. The molecule has 0 bridgehead atoms. The molecule has 1 aromatic heterocycles. The monoisotopic (exact) mass is 171 g/mol. The fraction of sp³-hybridized carbons (Fsp3) is 0.571. The van der Waals surface area contributed by atoms with Crippen molar-refractivity contribution in [3.63, 3.8) is 0 Å². The van der Waals surface area contributed by atoms with Gasteiger partial charge in [-0.3, -0.25) is 0 Å². The molecular formula is C7H13N3S. The van der Waals surface area contributed by atoms with Gasteiger partial charge in [0.2, 0.25) is 0 Å². The second kappa shape index (κ2) is 3.09. The molecule has 0 unspecified atom stereocenters. The SMILES string of the molecule is CNc1snc(C(C)C)c1N. The highest BCUT2D eigenvalue weighted by atomic mass is 32.1. The molecular weight excluding hydrogens is 158 g/mol. The molecule has 3 N–H and O–H groups in total. The summed E-state index contributed by atoms with van der Waals surface area (Å²) in [7, 11) is 1.86. The van der Waals surface area contributed by atoms with E-state index in [0.29, 0.717) is 5.92 Å². The van der Waals surface area contributed by atoms with E-state index in [9.17, 15) is 0 Å². The molecule has 0 fully saturated rings. The van der Waals surface area contributed by atoms with Gasteiger partial charge in [0.05, 0.1) is 11.4 Å². The van der Waals surface area contributed by atoms with Crippen LogP contribution < -0.4 is 11.1 Å². The van der Waals surface area contributed by atoms with E-state index in [1.807, 2.05) is 7.05 Å². The summed E-state index contributed by atoms with van der Waals surface area (Å²) in [6.45, 7) is 4.18. The molecule has 0 saturated heterocycles. The van der Waals surface area contributed by atoms with Crippen LogP contribution >= 0.6 is 11.5 Å². The largest absolute Gasteiger partial charge is 0.395 e. The van der Waals surface area contributed by atoms with Crippen molar-refractivity contribution in [3.05, 3.63) is 5.69 Å². The molecule has 0 radical (unpaired) electrons. The Morgan fingerprint density at radius 1 is 1.55 bits per heavy atom. The highest BCUT2D eigenvalue weighted by molar-refractivity contribution is 7.11. The zero-order valence-electron chi connectivity index (χ0n) is 7.01. The zero-order chi connectivity index (χ0) is 8.43. The van der Waals surface area contributed by atoms with Crippen molar-refractivity contribution in [1.29, 1.82) is 0 Å². The number of aromatic nitrogens is 1. The van der Waals surface area contributed by atoms with Crippen LogP contribution in [0.1, 0.15) is 25.5 Å². The van der Waals surface area contributed by atoms with Gasteiger partial charge >= 0.3 is 0 Å². The van der Waals surface area contributed by atoms with E-state index in [-0.39, 0.29) is 0 Å². The smallest absolute Gasteiger partial charge is 0.132 e. The maximum absolute atomic E-state index is 5.80. The number of hydrogen-bond acceptors (Lipinski definition) is 4. The van der Waals surface area contributed by atoms with Gasteiger partial charge in [-0.15, -0.1) is 0 Å². The minimum Gasteiger partial charge on any atom is -0.395 e. The molecule has 0 aliphatic heterocycles. The summed E-state index contributed by atoms with van der Waals surface area (Å²) in [6, 6.07) is 0. The zero-order valence-corrected chi connectivity index (χ0v) is 7.83. The van der Waals surface area contributed by atoms with Crippen molar-refractivity contribution >= 4 is 22.2 Å². The van der Waals surface area contributed by atoms with Gasteiger partial charge < -0.3 is 11.1 Å². The molecule has 1 heterocycles. The minimum atomic E-state index is 0.411. The molecule has 62 valence electrons. The van der Waals surface area contributed by atoms with E-state index < -0.39 is 0 Å². The van der Waals surface area contributed by atoms with Gasteiger partial charge in [-0.1, -0.05) is 13.8 Å². The molecule has 1 aromatic rings. The second-order valence-electron chi connectivity index (χ2n) is 2.72. The van der Waals surface area contributed by atoms with Gasteiger partial charge in [0.1, 0.15) is 5.00 Å². The number of nitrogens with zero attached hydrogens (tertiary/aromatic N) is 1. The third-order valence-electron chi connectivity index (χ3n) is 1.53. The normalized spacial score (nSPS) is 10.5. The predicted molar refractivity (Wildman–Crippen MR) is 50.2 cm³/mol. The Kier molecular flexibility index (Phi) is 2.34. The lowest BCUT2D eigenvalue weighted by Gasteiger charge is -2.01. The van der Waals surface area contributed by atoms with Crippen LogP contribution in [-0.4, -0.2) is 11.4 Å². The van der Waals surface area contributed by atoms with Crippen molar-refractivity contribution in [2.75, 3.05) is 18.1 Å². The summed E-state index contributed by atoms with van der Waals surface area (Å²) in [5.41, 5.74) is 7.60. The summed E-state index contributed by atoms with van der Waals surface area (Å²) in [5.74, 6) is 0.411. The number of anilines is 2. The maximum atomic E-state index is 5.80. The standard InChI is InChI=1S/C7H13N3S/c1-4(2)6-5(8)7(9-3)11-10-6/h4,9H,8H2,1-3H3. The van der Waals surface area contributed by atoms with Gasteiger partial charge in [-0.25, -0.2) is 0 Å². The maximum Gasteiger partial charge on any atom is 0.132 e. The average molecular weight is 171 g/mol. The molecule has 0 saturated carbocycles. The minimum absolute atomic E-state index is 0.411. The molecule has 0 amide bonds. The summed E-state index contributed by atoms with van der Waals surface area (Å²) in [6.07, 6.45) is 0. The van der Waals surface area contributed by atoms with Gasteiger partial charge in [-0.2, -0.15) is 4.37 Å². The van der Waals surface area contributed by atoms with Gasteiger partial charge in [-0.05, 0) is 17.5 Å². The lowest BCUT2D eigenvalue weighted by molar-refractivity contribution is 0.844. The van der Waals surface area contributed by atoms with E-state index in [1.54, 1.807) is 0 Å². The number of hydrogen-bond donors (Lipinski definition) is 2. The van der Waals surface area contributed by atoms with Crippen LogP contribution in [0.2, 0.25) is 0 Å². The van der Waals surface area contributed by atoms with Crippen LogP contribution in [0.15, 0.2) is 0 Å². The second-order valence-corrected chi connectivity index (χ2v) is 3.49. The van der Waals surface area contributed by atoms with E-state index in [2.05, 4.69) is 23.5 Å². The summed E-state index contributed by atoms with van der Waals surface area (Å²) in [5, 5.41) is 3.97. The predicted octanol–water partition coefficient (Wildman–Crippen LogP) is 1.89. The van der Waals surface area contributed by atoms with Gasteiger partial charge in [0.15, 0.2) is 0 Å². The Labute approximate surface area is 70.8 Å². The van der Waals surface area contributed by atoms with Crippen molar-refractivity contribution in [3.8, 4) is 0 Å². The van der Waals surface area contributed by atoms with Crippen molar-refractivity contribution < 1.29 is 0 Å². The van der Waals surface area contributed by atoms with Crippen molar-refractivity contribution in [1.82, 2.24) is 4.37 Å². The highest BCUT2D eigenvalue weighted by Crippen LogP contribution is 2.31. The average Bonchev–Trinajstić information content (AvgIpc) is 2.30. The van der Waals surface area contributed by atoms with E-state index in [1.165, 1.54) is 11.5 Å². The molecule has 0 aromatic carbocycles.